The third-order valence-electron chi connectivity index (χ3n) is 4.06. The lowest BCUT2D eigenvalue weighted by Crippen LogP contribution is -2.35. The number of fused-ring (bicyclic) bond motifs is 5. The number of nitrogens with one attached hydrogen (secondary N) is 2. The van der Waals surface area contributed by atoms with Crippen molar-refractivity contribution in [3.63, 3.8) is 0 Å². The summed E-state index contributed by atoms with van der Waals surface area (Å²) in [6, 6.07) is 5.60. The van der Waals surface area contributed by atoms with E-state index in [0.29, 0.717) is 28.6 Å². The number of nitrogen functional groups attached to an aromatic ring is 1. The zero-order chi connectivity index (χ0) is 19.4. The highest BCUT2D eigenvalue weighted by atomic mass is 32.2. The van der Waals surface area contributed by atoms with Gasteiger partial charge in [0.15, 0.2) is 0 Å². The van der Waals surface area contributed by atoms with Crippen molar-refractivity contribution in [3.05, 3.63) is 34.9 Å². The van der Waals surface area contributed by atoms with Crippen molar-refractivity contribution in [3.8, 4) is 11.3 Å². The predicted octanol–water partition coefficient (Wildman–Crippen LogP) is 1.90. The maximum Gasteiger partial charge on any atom is 0.407 e. The van der Waals surface area contributed by atoms with E-state index in [2.05, 4.69) is 20.6 Å². The number of benzene rings is 1. The van der Waals surface area contributed by atoms with E-state index < -0.39 is 6.09 Å². The Morgan fingerprint density at radius 1 is 1.04 bits per heavy atom. The highest BCUT2D eigenvalue weighted by Crippen LogP contribution is 2.28. The Hall–Kier alpha value is -2.81. The van der Waals surface area contributed by atoms with E-state index in [9.17, 15) is 9.59 Å². The lowest BCUT2D eigenvalue weighted by molar-refractivity contribution is 0.0951. The van der Waals surface area contributed by atoms with E-state index in [0.717, 1.165) is 16.7 Å². The van der Waals surface area contributed by atoms with Gasteiger partial charge in [0.05, 0.1) is 5.69 Å². The van der Waals surface area contributed by atoms with Crippen molar-refractivity contribution >= 4 is 29.7 Å². The first-order valence-electron chi connectivity index (χ1n) is 8.52. The van der Waals surface area contributed by atoms with Crippen molar-refractivity contribution in [2.75, 3.05) is 31.2 Å². The Morgan fingerprint density at radius 3 is 2.59 bits per heavy atom. The van der Waals surface area contributed by atoms with E-state index in [1.54, 1.807) is 0 Å². The average Bonchev–Trinajstić information content (AvgIpc) is 2.61. The van der Waals surface area contributed by atoms with E-state index in [1.807, 2.05) is 32.0 Å². The van der Waals surface area contributed by atoms with Crippen molar-refractivity contribution < 1.29 is 14.3 Å². The number of alkyl carbamates (subject to hydrolysis) is 1. The first kappa shape index (κ1) is 19.0. The Balaban J connectivity index is 2.03. The standard InChI is InChI=1S/C18H21N5O3S/c1-10-7-11(2)13-8-12(10)14-9-15(23-17(19)22-14)27-6-5-26-18(25)21-4-3-20-16(13)24/h7-9H,3-6H2,1-2H3,(H,20,24)(H,21,25)(H2,19,22,23). The highest BCUT2D eigenvalue weighted by Gasteiger charge is 2.15. The van der Waals surface area contributed by atoms with Crippen LogP contribution in [0.5, 0.6) is 0 Å². The second kappa shape index (κ2) is 8.26. The molecule has 0 unspecified atom stereocenters. The van der Waals surface area contributed by atoms with E-state index in [1.165, 1.54) is 11.8 Å². The fraction of sp³-hybridized carbons (Fsp3) is 0.333. The van der Waals surface area contributed by atoms with Gasteiger partial charge in [0.25, 0.3) is 5.91 Å². The number of amides is 2. The molecule has 0 atom stereocenters. The first-order valence-corrected chi connectivity index (χ1v) is 9.50. The minimum absolute atomic E-state index is 0.153. The fourth-order valence-corrected chi connectivity index (χ4v) is 3.52. The van der Waals surface area contributed by atoms with Crippen LogP contribution in [-0.2, 0) is 4.74 Å². The van der Waals surface area contributed by atoms with Crippen LogP contribution in [0.25, 0.3) is 11.3 Å². The molecule has 1 aromatic heterocycles. The monoisotopic (exact) mass is 387 g/mol. The van der Waals surface area contributed by atoms with Gasteiger partial charge in [0, 0.05) is 30.0 Å². The number of hydrogen-bond acceptors (Lipinski definition) is 7. The number of thioether (sulfide) groups is 1. The Morgan fingerprint density at radius 2 is 1.78 bits per heavy atom. The van der Waals surface area contributed by atoms with Gasteiger partial charge in [-0.1, -0.05) is 6.07 Å². The zero-order valence-corrected chi connectivity index (χ0v) is 16.0. The number of hydrogen-bond donors (Lipinski definition) is 3. The number of cyclic esters (lactones) is 1. The van der Waals surface area contributed by atoms with Crippen LogP contribution in [0.1, 0.15) is 21.5 Å². The van der Waals surface area contributed by atoms with Crippen LogP contribution in [0.3, 0.4) is 0 Å². The van der Waals surface area contributed by atoms with Gasteiger partial charge in [-0.15, -0.1) is 11.8 Å². The van der Waals surface area contributed by atoms with Crippen LogP contribution in [0.15, 0.2) is 23.2 Å². The van der Waals surface area contributed by atoms with Gasteiger partial charge in [0.2, 0.25) is 5.95 Å². The Labute approximate surface area is 161 Å². The number of ether oxygens (including phenoxy) is 1. The van der Waals surface area contributed by atoms with Gasteiger partial charge in [-0.2, -0.15) is 0 Å². The average molecular weight is 387 g/mol. The summed E-state index contributed by atoms with van der Waals surface area (Å²) in [6.07, 6.45) is -0.520. The second-order valence-corrected chi connectivity index (χ2v) is 7.21. The summed E-state index contributed by atoms with van der Waals surface area (Å²) in [7, 11) is 0. The van der Waals surface area contributed by atoms with Crippen LogP contribution >= 0.6 is 11.8 Å². The van der Waals surface area contributed by atoms with E-state index >= 15 is 0 Å². The third kappa shape index (κ3) is 4.68. The van der Waals surface area contributed by atoms with Crippen molar-refractivity contribution in [1.82, 2.24) is 20.6 Å². The quantitative estimate of drug-likeness (QED) is 0.591. The van der Waals surface area contributed by atoms with Gasteiger partial charge in [-0.3, -0.25) is 4.79 Å². The number of aromatic nitrogens is 2. The normalized spacial score (nSPS) is 15.5. The summed E-state index contributed by atoms with van der Waals surface area (Å²) in [6.45, 7) is 4.67. The van der Waals surface area contributed by atoms with Gasteiger partial charge >= 0.3 is 6.09 Å². The summed E-state index contributed by atoms with van der Waals surface area (Å²) < 4.78 is 5.09. The molecule has 0 saturated carbocycles. The minimum Gasteiger partial charge on any atom is -0.449 e. The third-order valence-corrected chi connectivity index (χ3v) is 4.93. The maximum absolute atomic E-state index is 12.6. The molecule has 0 fully saturated rings. The van der Waals surface area contributed by atoms with E-state index in [4.69, 9.17) is 10.5 Å². The number of nitrogens with zero attached hydrogens (tertiary/aromatic N) is 2. The predicted molar refractivity (Wildman–Crippen MR) is 104 cm³/mol. The lowest BCUT2D eigenvalue weighted by Gasteiger charge is -2.14. The molecule has 8 nitrogen and oxygen atoms in total. The largest absolute Gasteiger partial charge is 0.449 e. The van der Waals surface area contributed by atoms with Crippen molar-refractivity contribution in [2.45, 2.75) is 18.9 Å². The SMILES string of the molecule is Cc1cc(C)c2cc1C(=O)NCCNC(=O)OCCSc1cc-2nc(N)n1. The van der Waals surface area contributed by atoms with Crippen LogP contribution in [-0.4, -0.2) is 47.4 Å². The molecule has 142 valence electrons. The molecule has 4 N–H and O–H groups in total. The fourth-order valence-electron chi connectivity index (χ4n) is 2.80. The molecule has 4 bridgehead atoms. The minimum atomic E-state index is -0.520. The van der Waals surface area contributed by atoms with Crippen LogP contribution in [0.4, 0.5) is 10.7 Å². The van der Waals surface area contributed by atoms with Gasteiger partial charge < -0.3 is 21.1 Å². The molecule has 3 rings (SSSR count). The molecule has 0 radical (unpaired) electrons. The first-order chi connectivity index (χ1) is 12.9. The number of nitrogens with two attached hydrogens (primary N) is 1. The molecule has 2 amide bonds. The molecule has 9 heteroatoms. The summed E-state index contributed by atoms with van der Waals surface area (Å²) in [4.78, 5) is 32.7. The van der Waals surface area contributed by atoms with Gasteiger partial charge in [0.1, 0.15) is 11.6 Å². The molecule has 2 aromatic rings. The zero-order valence-electron chi connectivity index (χ0n) is 15.2. The molecule has 0 spiro atoms. The van der Waals surface area contributed by atoms with Crippen LogP contribution in [0.2, 0.25) is 0 Å². The van der Waals surface area contributed by atoms with E-state index in [-0.39, 0.29) is 25.0 Å². The molecule has 2 heterocycles. The lowest BCUT2D eigenvalue weighted by atomic mass is 9.97. The second-order valence-electron chi connectivity index (χ2n) is 6.10. The van der Waals surface area contributed by atoms with Crippen LogP contribution in [0, 0.1) is 13.8 Å². The molecule has 0 aliphatic carbocycles. The molecular formula is C18H21N5O3S. The van der Waals surface area contributed by atoms with Crippen LogP contribution < -0.4 is 16.4 Å². The summed E-state index contributed by atoms with van der Waals surface area (Å²) in [5.41, 5.74) is 9.77. The topological polar surface area (TPSA) is 119 Å². The van der Waals surface area contributed by atoms with Crippen molar-refractivity contribution in [1.29, 1.82) is 0 Å². The summed E-state index contributed by atoms with van der Waals surface area (Å²) >= 11 is 1.42. The smallest absolute Gasteiger partial charge is 0.407 e. The molecule has 1 aliphatic rings. The number of anilines is 1. The number of rotatable bonds is 0. The molecular weight excluding hydrogens is 366 g/mol. The summed E-state index contributed by atoms with van der Waals surface area (Å²) in [5.74, 6) is 0.478. The highest BCUT2D eigenvalue weighted by molar-refractivity contribution is 7.99. The molecule has 27 heavy (non-hydrogen) atoms. The molecule has 1 aromatic carbocycles. The summed E-state index contributed by atoms with van der Waals surface area (Å²) in [5, 5.41) is 6.08. The van der Waals surface area contributed by atoms with Crippen molar-refractivity contribution in [2.24, 2.45) is 0 Å². The number of aryl methyl sites for hydroxylation is 2. The maximum atomic E-state index is 12.6. The Kier molecular flexibility index (Phi) is 5.80. The van der Waals surface area contributed by atoms with Gasteiger partial charge in [-0.05, 0) is 37.1 Å². The Bertz CT molecular complexity index is 888. The molecule has 1 aliphatic heterocycles. The number of carbonyl (C=O) groups is 2. The number of carbonyl (C=O) groups excluding carboxylic acids is 2. The van der Waals surface area contributed by atoms with Gasteiger partial charge in [-0.25, -0.2) is 14.8 Å². The molecule has 0 saturated heterocycles.